The summed E-state index contributed by atoms with van der Waals surface area (Å²) in [5, 5.41) is 21.8. The first kappa shape index (κ1) is 21.1. The molecule has 0 heterocycles. The van der Waals surface area contributed by atoms with Crippen LogP contribution in [0.1, 0.15) is 12.8 Å². The summed E-state index contributed by atoms with van der Waals surface area (Å²) in [6.07, 6.45) is -0.224. The van der Waals surface area contributed by atoms with E-state index in [0.717, 1.165) is 0 Å². The Labute approximate surface area is 137 Å². The van der Waals surface area contributed by atoms with Crippen LogP contribution in [0.25, 0.3) is 0 Å². The Kier molecular flexibility index (Phi) is 10.7. The molecule has 0 aromatic rings. The molecule has 2 atom stereocenters. The zero-order valence-electron chi connectivity index (χ0n) is 12.5. The lowest BCUT2D eigenvalue weighted by atomic mass is 10.1. The lowest BCUT2D eigenvalue weighted by molar-refractivity contribution is -0.139. The molecule has 0 aliphatic heterocycles. The number of hydrogen-bond donors (Lipinski definition) is 6. The Balaban J connectivity index is 4.48. The highest BCUT2D eigenvalue weighted by molar-refractivity contribution is 7.99. The lowest BCUT2D eigenvalue weighted by Crippen LogP contribution is -2.49. The Hall–Kier alpha value is -1.85. The van der Waals surface area contributed by atoms with Crippen LogP contribution in [-0.2, 0) is 19.2 Å². The SMILES string of the molecule is NCCSCC(NC(=O)CCC(N)C(=O)O)C(=O)NCC(=O)O. The number of carboxylic acids is 2. The number of carbonyl (C=O) groups is 4. The fourth-order valence-corrected chi connectivity index (χ4v) is 2.23. The van der Waals surface area contributed by atoms with E-state index in [1.165, 1.54) is 11.8 Å². The summed E-state index contributed by atoms with van der Waals surface area (Å²) in [4.78, 5) is 44.7. The minimum atomic E-state index is -1.22. The van der Waals surface area contributed by atoms with E-state index in [1.54, 1.807) is 0 Å². The first-order chi connectivity index (χ1) is 10.8. The van der Waals surface area contributed by atoms with Gasteiger partial charge in [-0.2, -0.15) is 11.8 Å². The molecule has 0 bridgehead atoms. The van der Waals surface area contributed by atoms with Gasteiger partial charge in [0, 0.05) is 24.5 Å². The summed E-state index contributed by atoms with van der Waals surface area (Å²) in [5.74, 6) is -2.79. The van der Waals surface area contributed by atoms with E-state index in [9.17, 15) is 19.2 Å². The number of nitrogens with one attached hydrogen (secondary N) is 2. The molecule has 0 saturated heterocycles. The molecule has 0 rings (SSSR count). The molecule has 0 spiro atoms. The van der Waals surface area contributed by atoms with Gasteiger partial charge in [0.05, 0.1) is 0 Å². The highest BCUT2D eigenvalue weighted by Gasteiger charge is 2.22. The maximum absolute atomic E-state index is 11.9. The van der Waals surface area contributed by atoms with Crippen molar-refractivity contribution in [2.45, 2.75) is 24.9 Å². The maximum atomic E-state index is 11.9. The van der Waals surface area contributed by atoms with Gasteiger partial charge in [0.2, 0.25) is 11.8 Å². The Morgan fingerprint density at radius 3 is 2.35 bits per heavy atom. The number of hydrogen-bond acceptors (Lipinski definition) is 7. The highest BCUT2D eigenvalue weighted by atomic mass is 32.2. The van der Waals surface area contributed by atoms with Crippen molar-refractivity contribution in [3.63, 3.8) is 0 Å². The average Bonchev–Trinajstić information content (AvgIpc) is 2.49. The molecular formula is C12H22N4O6S. The van der Waals surface area contributed by atoms with Gasteiger partial charge in [0.15, 0.2) is 0 Å². The third-order valence-electron chi connectivity index (χ3n) is 2.61. The molecule has 10 nitrogen and oxygen atoms in total. The monoisotopic (exact) mass is 350 g/mol. The highest BCUT2D eigenvalue weighted by Crippen LogP contribution is 2.03. The van der Waals surface area contributed by atoms with Crippen LogP contribution in [-0.4, -0.2) is 70.6 Å². The van der Waals surface area contributed by atoms with Gasteiger partial charge in [-0.15, -0.1) is 0 Å². The molecular weight excluding hydrogens is 328 g/mol. The van der Waals surface area contributed by atoms with E-state index in [0.29, 0.717) is 12.3 Å². The van der Waals surface area contributed by atoms with E-state index in [1.807, 2.05) is 0 Å². The van der Waals surface area contributed by atoms with Gasteiger partial charge < -0.3 is 32.3 Å². The van der Waals surface area contributed by atoms with Crippen molar-refractivity contribution in [1.29, 1.82) is 0 Å². The van der Waals surface area contributed by atoms with Crippen LogP contribution in [0.15, 0.2) is 0 Å². The number of carboxylic acid groups (broad SMARTS) is 2. The van der Waals surface area contributed by atoms with Gasteiger partial charge >= 0.3 is 11.9 Å². The van der Waals surface area contributed by atoms with Crippen LogP contribution in [0.2, 0.25) is 0 Å². The van der Waals surface area contributed by atoms with Gasteiger partial charge in [-0.05, 0) is 6.42 Å². The molecule has 0 saturated carbocycles. The van der Waals surface area contributed by atoms with Crippen LogP contribution in [0, 0.1) is 0 Å². The molecule has 0 fully saturated rings. The molecule has 8 N–H and O–H groups in total. The normalized spacial score (nSPS) is 13.0. The van der Waals surface area contributed by atoms with Crippen LogP contribution in [0.3, 0.4) is 0 Å². The van der Waals surface area contributed by atoms with E-state index in [-0.39, 0.29) is 18.6 Å². The minimum Gasteiger partial charge on any atom is -0.480 e. The zero-order valence-corrected chi connectivity index (χ0v) is 13.3. The van der Waals surface area contributed by atoms with Crippen molar-refractivity contribution in [3.05, 3.63) is 0 Å². The third kappa shape index (κ3) is 10.5. The Morgan fingerprint density at radius 2 is 1.83 bits per heavy atom. The first-order valence-electron chi connectivity index (χ1n) is 6.83. The van der Waals surface area contributed by atoms with E-state index in [2.05, 4.69) is 10.6 Å². The predicted molar refractivity (Wildman–Crippen MR) is 83.8 cm³/mol. The second-order valence-electron chi connectivity index (χ2n) is 4.58. The van der Waals surface area contributed by atoms with E-state index < -0.39 is 42.4 Å². The molecule has 0 aromatic carbocycles. The lowest BCUT2D eigenvalue weighted by Gasteiger charge is -2.18. The number of rotatable bonds is 12. The molecule has 2 unspecified atom stereocenters. The smallest absolute Gasteiger partial charge is 0.322 e. The Bertz CT molecular complexity index is 434. The largest absolute Gasteiger partial charge is 0.480 e. The maximum Gasteiger partial charge on any atom is 0.322 e. The van der Waals surface area contributed by atoms with E-state index >= 15 is 0 Å². The molecule has 0 aromatic heterocycles. The molecule has 2 amide bonds. The minimum absolute atomic E-state index is 0.0689. The fourth-order valence-electron chi connectivity index (χ4n) is 1.43. The molecule has 11 heteroatoms. The molecule has 0 aliphatic rings. The topological polar surface area (TPSA) is 185 Å². The van der Waals surface area contributed by atoms with Crippen molar-refractivity contribution in [2.24, 2.45) is 11.5 Å². The molecule has 0 radical (unpaired) electrons. The summed E-state index contributed by atoms with van der Waals surface area (Å²) >= 11 is 1.33. The number of thioether (sulfide) groups is 1. The van der Waals surface area contributed by atoms with Crippen LogP contribution in [0.5, 0.6) is 0 Å². The predicted octanol–water partition coefficient (Wildman–Crippen LogP) is -2.44. The summed E-state index contributed by atoms with van der Waals surface area (Å²) in [7, 11) is 0. The van der Waals surface area contributed by atoms with Gasteiger partial charge in [-0.3, -0.25) is 19.2 Å². The summed E-state index contributed by atoms with van der Waals surface area (Å²) < 4.78 is 0. The van der Waals surface area contributed by atoms with Crippen LogP contribution in [0.4, 0.5) is 0 Å². The summed E-state index contributed by atoms with van der Waals surface area (Å²) in [5.41, 5.74) is 10.6. The van der Waals surface area contributed by atoms with Crippen molar-refractivity contribution in [2.75, 3.05) is 24.6 Å². The van der Waals surface area contributed by atoms with Crippen molar-refractivity contribution in [1.82, 2.24) is 10.6 Å². The average molecular weight is 350 g/mol. The quantitative estimate of drug-likeness (QED) is 0.208. The van der Waals surface area contributed by atoms with Crippen LogP contribution >= 0.6 is 11.8 Å². The first-order valence-corrected chi connectivity index (χ1v) is 7.98. The summed E-state index contributed by atoms with van der Waals surface area (Å²) in [6, 6.07) is -2.09. The van der Waals surface area contributed by atoms with Gasteiger partial charge in [-0.1, -0.05) is 0 Å². The van der Waals surface area contributed by atoms with Crippen molar-refractivity contribution >= 4 is 35.5 Å². The van der Waals surface area contributed by atoms with Crippen molar-refractivity contribution < 1.29 is 29.4 Å². The number of nitrogens with two attached hydrogens (primary N) is 2. The molecule has 0 aliphatic carbocycles. The number of aliphatic carboxylic acids is 2. The molecule has 23 heavy (non-hydrogen) atoms. The summed E-state index contributed by atoms with van der Waals surface area (Å²) in [6.45, 7) is -0.161. The van der Waals surface area contributed by atoms with E-state index in [4.69, 9.17) is 21.7 Å². The molecule has 132 valence electrons. The van der Waals surface area contributed by atoms with Gasteiger partial charge in [0.1, 0.15) is 18.6 Å². The van der Waals surface area contributed by atoms with Crippen LogP contribution < -0.4 is 22.1 Å². The Morgan fingerprint density at radius 1 is 1.17 bits per heavy atom. The second kappa shape index (κ2) is 11.7. The second-order valence-corrected chi connectivity index (χ2v) is 5.73. The van der Waals surface area contributed by atoms with Crippen molar-refractivity contribution in [3.8, 4) is 0 Å². The fraction of sp³-hybridized carbons (Fsp3) is 0.667. The third-order valence-corrected chi connectivity index (χ3v) is 3.71. The zero-order chi connectivity index (χ0) is 17.8. The standard InChI is InChI=1S/C12H22N4O6S/c13-3-4-23-6-8(11(20)15-5-10(18)19)16-9(17)2-1-7(14)12(21)22/h7-8H,1-6,13-14H2,(H,15,20)(H,16,17)(H,18,19)(H,21,22). The number of amides is 2. The number of carbonyl (C=O) groups excluding carboxylic acids is 2. The van der Waals surface area contributed by atoms with Gasteiger partial charge in [0.25, 0.3) is 0 Å². The van der Waals surface area contributed by atoms with Gasteiger partial charge in [-0.25, -0.2) is 0 Å².